The fourth-order valence-corrected chi connectivity index (χ4v) is 5.64. The van der Waals surface area contributed by atoms with Crippen molar-refractivity contribution in [3.63, 3.8) is 0 Å². The van der Waals surface area contributed by atoms with Crippen LogP contribution >= 0.6 is 0 Å². The van der Waals surface area contributed by atoms with Crippen LogP contribution in [0.4, 0.5) is 0 Å². The Morgan fingerprint density at radius 2 is 1.77 bits per heavy atom. The zero-order valence-electron chi connectivity index (χ0n) is 15.7. The second-order valence-corrected chi connectivity index (χ2v) is 8.72. The van der Waals surface area contributed by atoms with E-state index in [-0.39, 0.29) is 29.0 Å². The van der Waals surface area contributed by atoms with Gasteiger partial charge in [0, 0.05) is 25.2 Å². The van der Waals surface area contributed by atoms with E-state index in [0.717, 1.165) is 43.0 Å². The molecule has 2 bridgehead atoms. The van der Waals surface area contributed by atoms with E-state index < -0.39 is 11.6 Å². The molecule has 144 valence electrons. The predicted octanol–water partition coefficient (Wildman–Crippen LogP) is -0.00870. The Morgan fingerprint density at radius 3 is 2.31 bits per heavy atom. The number of ether oxygens (including phenoxy) is 1. The summed E-state index contributed by atoms with van der Waals surface area (Å²) in [5.74, 6) is -0.466. The number of carbonyl (C=O) groups excluding carboxylic acids is 1. The van der Waals surface area contributed by atoms with Crippen LogP contribution in [0.5, 0.6) is 0 Å². The van der Waals surface area contributed by atoms with Crippen molar-refractivity contribution in [1.82, 2.24) is 0 Å². The van der Waals surface area contributed by atoms with Crippen LogP contribution in [0, 0.1) is 5.92 Å². The van der Waals surface area contributed by atoms with Crippen molar-refractivity contribution in [2.75, 3.05) is 14.1 Å². The van der Waals surface area contributed by atoms with Crippen LogP contribution in [0.3, 0.4) is 0 Å². The van der Waals surface area contributed by atoms with Crippen LogP contribution in [0.2, 0.25) is 0 Å². The average Bonchev–Trinajstić information content (AvgIpc) is 3.30. The molecule has 5 heteroatoms. The maximum absolute atomic E-state index is 13.2. The van der Waals surface area contributed by atoms with Gasteiger partial charge in [0.1, 0.15) is 6.04 Å². The standard InChI is InChI=1S/C21H30NO3.BrH/c1-22(2)17-12-13-18(22)19(14-17)25-20(23)21(24,16-10-6-7-11-16)15-8-4-3-5-9-15;/h3-5,8-9,16-19,24H,6-7,10-14H2,1-2H3;1H/q+1;/p-1/t17?,18-,19-,21+;/m0./s1. The van der Waals surface area contributed by atoms with Gasteiger partial charge in [-0.1, -0.05) is 43.2 Å². The van der Waals surface area contributed by atoms with Crippen LogP contribution in [0.25, 0.3) is 0 Å². The molecule has 0 aromatic heterocycles. The fourth-order valence-electron chi connectivity index (χ4n) is 5.64. The van der Waals surface area contributed by atoms with Gasteiger partial charge in [0.05, 0.1) is 20.1 Å². The third-order valence-electron chi connectivity index (χ3n) is 7.25. The highest BCUT2D eigenvalue weighted by atomic mass is 79.9. The van der Waals surface area contributed by atoms with E-state index >= 15 is 0 Å². The van der Waals surface area contributed by atoms with Crippen molar-refractivity contribution in [1.29, 1.82) is 0 Å². The van der Waals surface area contributed by atoms with E-state index in [2.05, 4.69) is 14.1 Å². The number of aliphatic hydroxyl groups is 1. The molecule has 26 heavy (non-hydrogen) atoms. The topological polar surface area (TPSA) is 46.5 Å². The quantitative estimate of drug-likeness (QED) is 0.547. The molecule has 1 aliphatic carbocycles. The minimum atomic E-state index is -1.50. The first-order chi connectivity index (χ1) is 11.9. The van der Waals surface area contributed by atoms with Crippen molar-refractivity contribution in [3.8, 4) is 0 Å². The third kappa shape index (κ3) is 3.02. The Morgan fingerprint density at radius 1 is 1.12 bits per heavy atom. The van der Waals surface area contributed by atoms with Crippen LogP contribution in [-0.4, -0.2) is 47.8 Å². The zero-order valence-corrected chi connectivity index (χ0v) is 17.3. The number of nitrogens with zero attached hydrogens (tertiary/aromatic N) is 1. The lowest BCUT2D eigenvalue weighted by molar-refractivity contribution is -0.913. The van der Waals surface area contributed by atoms with E-state index in [4.69, 9.17) is 4.74 Å². The second kappa shape index (κ2) is 7.25. The monoisotopic (exact) mass is 423 g/mol. The SMILES string of the molecule is C[N+]1(C)C2CC[C@H]1[C@@H](OC(=O)[C@@](O)(c1ccccc1)C1CCCC1)C2.[Br-]. The summed E-state index contributed by atoms with van der Waals surface area (Å²) in [6, 6.07) is 10.4. The number of halogens is 1. The molecule has 1 aromatic carbocycles. The Kier molecular flexibility index (Phi) is 5.53. The van der Waals surface area contributed by atoms with E-state index in [0.29, 0.717) is 17.6 Å². The van der Waals surface area contributed by atoms with Gasteiger partial charge in [-0.05, 0) is 18.4 Å². The number of carbonyl (C=O) groups is 1. The Balaban J connectivity index is 0.00000196. The molecule has 2 saturated heterocycles. The summed E-state index contributed by atoms with van der Waals surface area (Å²) in [6.45, 7) is 0. The van der Waals surface area contributed by atoms with Gasteiger partial charge in [0.25, 0.3) is 0 Å². The number of quaternary nitrogens is 1. The number of esters is 1. The molecule has 3 fully saturated rings. The molecule has 4 rings (SSSR count). The summed E-state index contributed by atoms with van der Waals surface area (Å²) in [6.07, 6.45) is 7.13. The van der Waals surface area contributed by atoms with Crippen LogP contribution in [0.1, 0.15) is 50.5 Å². The van der Waals surface area contributed by atoms with Crippen molar-refractivity contribution >= 4 is 5.97 Å². The maximum atomic E-state index is 13.2. The lowest BCUT2D eigenvalue weighted by Crippen LogP contribution is -3.00. The normalized spacial score (nSPS) is 32.0. The highest BCUT2D eigenvalue weighted by Gasteiger charge is 2.58. The van der Waals surface area contributed by atoms with Gasteiger partial charge < -0.3 is 31.3 Å². The van der Waals surface area contributed by atoms with Crippen molar-refractivity contribution in [3.05, 3.63) is 35.9 Å². The molecule has 0 amide bonds. The Bertz CT molecular complexity index is 644. The summed E-state index contributed by atoms with van der Waals surface area (Å²) in [5.41, 5.74) is -0.819. The highest BCUT2D eigenvalue weighted by molar-refractivity contribution is 5.82. The van der Waals surface area contributed by atoms with Crippen molar-refractivity contribution < 1.29 is 36.1 Å². The van der Waals surface area contributed by atoms with Crippen molar-refractivity contribution in [2.45, 2.75) is 68.7 Å². The number of hydrogen-bond acceptors (Lipinski definition) is 3. The number of hydrogen-bond donors (Lipinski definition) is 1. The number of fused-ring (bicyclic) bond motifs is 2. The van der Waals surface area contributed by atoms with Crippen LogP contribution in [0.15, 0.2) is 30.3 Å². The molecule has 2 heterocycles. The molecule has 3 aliphatic rings. The fraction of sp³-hybridized carbons (Fsp3) is 0.667. The largest absolute Gasteiger partial charge is 1.00 e. The second-order valence-electron chi connectivity index (χ2n) is 8.72. The first-order valence-corrected chi connectivity index (χ1v) is 9.76. The summed E-state index contributed by atoms with van der Waals surface area (Å²) in [7, 11) is 4.49. The van der Waals surface area contributed by atoms with E-state index in [9.17, 15) is 9.90 Å². The van der Waals surface area contributed by atoms with E-state index in [1.54, 1.807) is 0 Å². The Hall–Kier alpha value is -0.910. The molecule has 0 spiro atoms. The smallest absolute Gasteiger partial charge is 0.343 e. The molecule has 1 aromatic rings. The summed E-state index contributed by atoms with van der Waals surface area (Å²) < 4.78 is 6.96. The minimum Gasteiger partial charge on any atom is -1.00 e. The number of rotatable bonds is 4. The summed E-state index contributed by atoms with van der Waals surface area (Å²) in [4.78, 5) is 13.2. The number of likely N-dealkylation sites (N-methyl/N-ethyl adjacent to an activating group) is 1. The molecule has 2 aliphatic heterocycles. The van der Waals surface area contributed by atoms with E-state index in [1.807, 2.05) is 30.3 Å². The molecule has 1 N–H and O–H groups in total. The maximum Gasteiger partial charge on any atom is 0.343 e. The molecular weight excluding hydrogens is 394 g/mol. The molecule has 4 atom stereocenters. The molecular formula is C21H30BrNO3. The van der Waals surface area contributed by atoms with Crippen molar-refractivity contribution in [2.24, 2.45) is 5.92 Å². The van der Waals surface area contributed by atoms with Crippen LogP contribution in [-0.2, 0) is 15.1 Å². The van der Waals surface area contributed by atoms with Gasteiger partial charge in [-0.15, -0.1) is 0 Å². The van der Waals surface area contributed by atoms with Gasteiger partial charge in [0.2, 0.25) is 0 Å². The van der Waals surface area contributed by atoms with Gasteiger partial charge in [-0.2, -0.15) is 0 Å². The Labute approximate surface area is 166 Å². The minimum absolute atomic E-state index is 0. The average molecular weight is 424 g/mol. The highest BCUT2D eigenvalue weighted by Crippen LogP contribution is 2.46. The molecule has 1 saturated carbocycles. The lowest BCUT2D eigenvalue weighted by Gasteiger charge is -2.35. The van der Waals surface area contributed by atoms with Gasteiger partial charge >= 0.3 is 5.97 Å². The van der Waals surface area contributed by atoms with Crippen LogP contribution < -0.4 is 17.0 Å². The molecule has 4 nitrogen and oxygen atoms in total. The van der Waals surface area contributed by atoms with E-state index in [1.165, 1.54) is 6.42 Å². The van der Waals surface area contributed by atoms with Gasteiger partial charge in [-0.3, -0.25) is 0 Å². The predicted molar refractivity (Wildman–Crippen MR) is 95.7 cm³/mol. The van der Waals surface area contributed by atoms with Gasteiger partial charge in [-0.25, -0.2) is 4.79 Å². The molecule has 0 radical (unpaired) electrons. The summed E-state index contributed by atoms with van der Waals surface area (Å²) >= 11 is 0. The molecule has 1 unspecified atom stereocenters. The first-order valence-electron chi connectivity index (χ1n) is 9.76. The first kappa shape index (κ1) is 19.8. The van der Waals surface area contributed by atoms with Gasteiger partial charge in [0.15, 0.2) is 11.7 Å². The third-order valence-corrected chi connectivity index (χ3v) is 7.25. The zero-order chi connectivity index (χ0) is 17.7. The summed E-state index contributed by atoms with van der Waals surface area (Å²) in [5, 5.41) is 11.5. The lowest BCUT2D eigenvalue weighted by atomic mass is 9.80. The number of benzene rings is 1.